The lowest BCUT2D eigenvalue weighted by atomic mass is 10.0. The van der Waals surface area contributed by atoms with E-state index in [0.29, 0.717) is 30.4 Å². The number of ether oxygens (including phenoxy) is 1. The van der Waals surface area contributed by atoms with Crippen molar-refractivity contribution in [1.82, 2.24) is 14.8 Å². The molecule has 182 valence electrons. The second kappa shape index (κ2) is 10.4. The average molecular weight is 489 g/mol. The van der Waals surface area contributed by atoms with E-state index in [1.807, 2.05) is 17.9 Å². The monoisotopic (exact) mass is 488 g/mol. The number of rotatable bonds is 5. The van der Waals surface area contributed by atoms with E-state index in [-0.39, 0.29) is 29.3 Å². The lowest BCUT2D eigenvalue weighted by molar-refractivity contribution is -0.145. The van der Waals surface area contributed by atoms with Crippen molar-refractivity contribution in [2.24, 2.45) is 0 Å². The molecular weight excluding hydrogens is 459 g/mol. The van der Waals surface area contributed by atoms with Gasteiger partial charge in [0.05, 0.1) is 11.3 Å². The highest BCUT2D eigenvalue weighted by Gasteiger charge is 2.34. The Kier molecular flexibility index (Phi) is 7.50. The highest BCUT2D eigenvalue weighted by Crippen LogP contribution is 2.28. The highest BCUT2D eigenvalue weighted by atomic mass is 35.5. The molecule has 2 saturated heterocycles. The summed E-state index contributed by atoms with van der Waals surface area (Å²) in [6, 6.07) is 4.84. The van der Waals surface area contributed by atoms with Gasteiger partial charge in [-0.15, -0.1) is 0 Å². The van der Waals surface area contributed by atoms with Crippen molar-refractivity contribution in [2.45, 2.75) is 52.3 Å². The molecule has 3 heterocycles. The Morgan fingerprint density at radius 3 is 2.74 bits per heavy atom. The van der Waals surface area contributed by atoms with Gasteiger partial charge in [-0.1, -0.05) is 11.6 Å². The Labute approximate surface area is 204 Å². The van der Waals surface area contributed by atoms with Crippen LogP contribution in [0.3, 0.4) is 0 Å². The summed E-state index contributed by atoms with van der Waals surface area (Å²) in [5.74, 6) is -0.879. The van der Waals surface area contributed by atoms with Crippen LogP contribution in [0.2, 0.25) is 5.02 Å². The number of nitrogens with one attached hydrogen (secondary N) is 1. The number of hydrogen-bond acceptors (Lipinski definition) is 5. The lowest BCUT2D eigenvalue weighted by Crippen LogP contribution is -2.55. The van der Waals surface area contributed by atoms with Gasteiger partial charge in [0.2, 0.25) is 0 Å². The molecule has 2 aromatic rings. The van der Waals surface area contributed by atoms with Gasteiger partial charge in [0, 0.05) is 55.7 Å². The van der Waals surface area contributed by atoms with Crippen LogP contribution in [0.15, 0.2) is 24.4 Å². The number of carbonyl (C=O) groups excluding carboxylic acids is 2. The van der Waals surface area contributed by atoms with Gasteiger partial charge in [-0.3, -0.25) is 19.5 Å². The Bertz CT molecular complexity index is 1090. The largest absolute Gasteiger partial charge is 0.368 e. The van der Waals surface area contributed by atoms with Gasteiger partial charge in [0.1, 0.15) is 11.9 Å². The number of aryl methyl sites for hydroxylation is 1. The molecular formula is C25H30ClFN4O3. The van der Waals surface area contributed by atoms with E-state index in [2.05, 4.69) is 22.1 Å². The first-order valence-corrected chi connectivity index (χ1v) is 12.0. The van der Waals surface area contributed by atoms with E-state index in [9.17, 15) is 14.0 Å². The van der Waals surface area contributed by atoms with Crippen LogP contribution in [0.4, 0.5) is 10.1 Å². The highest BCUT2D eigenvalue weighted by molar-refractivity contribution is 6.31. The van der Waals surface area contributed by atoms with Gasteiger partial charge in [0.15, 0.2) is 0 Å². The zero-order valence-corrected chi connectivity index (χ0v) is 20.5. The maximum atomic E-state index is 13.8. The topological polar surface area (TPSA) is 74.8 Å². The molecule has 0 bridgehead atoms. The van der Waals surface area contributed by atoms with E-state index < -0.39 is 11.7 Å². The van der Waals surface area contributed by atoms with Crippen LogP contribution in [0.25, 0.3) is 0 Å². The molecule has 2 fully saturated rings. The number of hydrogen-bond donors (Lipinski definition) is 1. The number of anilines is 1. The second-order valence-electron chi connectivity index (χ2n) is 9.10. The number of pyridine rings is 1. The Hall–Kier alpha value is -2.55. The van der Waals surface area contributed by atoms with Gasteiger partial charge in [-0.2, -0.15) is 0 Å². The van der Waals surface area contributed by atoms with Crippen molar-refractivity contribution < 1.29 is 18.7 Å². The minimum absolute atomic E-state index is 0.0769. The zero-order valence-electron chi connectivity index (χ0n) is 19.7. The maximum Gasteiger partial charge on any atom is 0.257 e. The lowest BCUT2D eigenvalue weighted by Gasteiger charge is -2.41. The third-order valence-corrected chi connectivity index (χ3v) is 6.83. The maximum absolute atomic E-state index is 13.8. The van der Waals surface area contributed by atoms with E-state index >= 15 is 0 Å². The molecule has 9 heteroatoms. The van der Waals surface area contributed by atoms with Crippen molar-refractivity contribution in [3.8, 4) is 0 Å². The molecule has 1 aromatic carbocycles. The fraction of sp³-hybridized carbons (Fsp3) is 0.480. The molecule has 0 aliphatic carbocycles. The van der Waals surface area contributed by atoms with Crippen LogP contribution in [0.5, 0.6) is 0 Å². The molecule has 1 aromatic heterocycles. The van der Waals surface area contributed by atoms with Crippen LogP contribution in [0, 0.1) is 19.7 Å². The number of halogens is 2. The summed E-state index contributed by atoms with van der Waals surface area (Å²) in [5.41, 5.74) is 2.84. The molecule has 2 aliphatic heterocycles. The first kappa shape index (κ1) is 24.6. The summed E-state index contributed by atoms with van der Waals surface area (Å²) in [6.07, 6.45) is 2.79. The number of nitrogens with zero attached hydrogens (tertiary/aromatic N) is 3. The number of benzene rings is 1. The molecule has 0 spiro atoms. The summed E-state index contributed by atoms with van der Waals surface area (Å²) in [6.45, 7) is 8.96. The number of carbonyl (C=O) groups is 2. The number of aromatic nitrogens is 1. The van der Waals surface area contributed by atoms with Crippen molar-refractivity contribution in [1.29, 1.82) is 0 Å². The molecule has 2 aliphatic rings. The SMILES string of the molecule is Cc1ncc(C(=O)Nc2cc(Cl)cc(CN3CCN(C(=O)[C@@H]4CCCO4)[C@@H](C)C3)c2C)cc1F. The molecule has 0 radical (unpaired) electrons. The number of piperazine rings is 1. The fourth-order valence-electron chi connectivity index (χ4n) is 4.56. The van der Waals surface area contributed by atoms with Crippen molar-refractivity contribution in [3.63, 3.8) is 0 Å². The first-order chi connectivity index (χ1) is 16.2. The van der Waals surface area contributed by atoms with Crippen molar-refractivity contribution in [3.05, 3.63) is 57.6 Å². The molecule has 0 saturated carbocycles. The summed E-state index contributed by atoms with van der Waals surface area (Å²) >= 11 is 6.37. The molecule has 4 rings (SSSR count). The van der Waals surface area contributed by atoms with Crippen LogP contribution >= 0.6 is 11.6 Å². The summed E-state index contributed by atoms with van der Waals surface area (Å²) in [5, 5.41) is 3.34. The minimum Gasteiger partial charge on any atom is -0.368 e. The van der Waals surface area contributed by atoms with Crippen LogP contribution < -0.4 is 5.32 Å². The van der Waals surface area contributed by atoms with Crippen molar-refractivity contribution in [2.75, 3.05) is 31.6 Å². The minimum atomic E-state index is -0.526. The van der Waals surface area contributed by atoms with Gasteiger partial charge in [-0.05, 0) is 62.9 Å². The van der Waals surface area contributed by atoms with E-state index in [4.69, 9.17) is 16.3 Å². The Morgan fingerprint density at radius 1 is 1.26 bits per heavy atom. The summed E-state index contributed by atoms with van der Waals surface area (Å²) < 4.78 is 19.4. The Morgan fingerprint density at radius 2 is 2.06 bits per heavy atom. The quantitative estimate of drug-likeness (QED) is 0.689. The van der Waals surface area contributed by atoms with Crippen LogP contribution in [-0.2, 0) is 16.1 Å². The predicted molar refractivity (Wildman–Crippen MR) is 129 cm³/mol. The zero-order chi connectivity index (χ0) is 24.4. The van der Waals surface area contributed by atoms with Crippen LogP contribution in [-0.4, -0.2) is 65.0 Å². The van der Waals surface area contributed by atoms with Gasteiger partial charge >= 0.3 is 0 Å². The summed E-state index contributed by atoms with van der Waals surface area (Å²) in [7, 11) is 0. The average Bonchev–Trinajstić information content (AvgIpc) is 3.33. The molecule has 34 heavy (non-hydrogen) atoms. The van der Waals surface area contributed by atoms with E-state index in [0.717, 1.165) is 37.1 Å². The molecule has 2 amide bonds. The summed E-state index contributed by atoms with van der Waals surface area (Å²) in [4.78, 5) is 33.6. The van der Waals surface area contributed by atoms with Crippen LogP contribution in [0.1, 0.15) is 46.9 Å². The second-order valence-corrected chi connectivity index (χ2v) is 9.54. The Balaban J connectivity index is 1.43. The standard InChI is InChI=1S/C25H30ClFN4O3/c1-15-13-30(6-7-31(15)25(33)23-5-4-8-34-23)14-19-9-20(26)11-22(16(19)2)29-24(32)18-10-21(27)17(3)28-12-18/h9-12,15,23H,4-8,13-14H2,1-3H3,(H,29,32)/t15-,23-/m0/s1. The smallest absolute Gasteiger partial charge is 0.257 e. The fourth-order valence-corrected chi connectivity index (χ4v) is 4.80. The normalized spacial score (nSPS) is 21.0. The molecule has 0 unspecified atom stereocenters. The van der Waals surface area contributed by atoms with Crippen molar-refractivity contribution >= 4 is 29.1 Å². The third-order valence-electron chi connectivity index (χ3n) is 6.61. The van der Waals surface area contributed by atoms with Gasteiger partial charge in [-0.25, -0.2) is 4.39 Å². The van der Waals surface area contributed by atoms with E-state index in [1.54, 1.807) is 13.0 Å². The molecule has 2 atom stereocenters. The molecule has 1 N–H and O–H groups in total. The molecule has 7 nitrogen and oxygen atoms in total. The first-order valence-electron chi connectivity index (χ1n) is 11.6. The van der Waals surface area contributed by atoms with Gasteiger partial charge < -0.3 is 15.0 Å². The van der Waals surface area contributed by atoms with E-state index in [1.165, 1.54) is 12.3 Å². The third kappa shape index (κ3) is 5.40. The van der Waals surface area contributed by atoms with Gasteiger partial charge in [0.25, 0.3) is 11.8 Å². The number of amides is 2. The predicted octanol–water partition coefficient (Wildman–Crippen LogP) is 3.95.